The Kier molecular flexibility index (Phi) is 22.9. The lowest BCUT2D eigenvalue weighted by atomic mass is 10.3. The Hall–Kier alpha value is 0.308. The zero-order valence-corrected chi connectivity index (χ0v) is 32.3. The molecule has 0 aromatic rings. The fourth-order valence-electron chi connectivity index (χ4n) is 4.93. The molecule has 0 bridgehead atoms. The van der Waals surface area contributed by atoms with Crippen LogP contribution in [-0.4, -0.2) is 157 Å². The number of hydrogen-bond acceptors (Lipinski definition) is 14. The molecule has 0 saturated heterocycles. The van der Waals surface area contributed by atoms with E-state index in [1.54, 1.807) is 85.3 Å². The third kappa shape index (κ3) is 13.3. The van der Waals surface area contributed by atoms with Crippen LogP contribution < -0.4 is 0 Å². The van der Waals surface area contributed by atoms with E-state index in [0.29, 0.717) is 24.2 Å². The van der Waals surface area contributed by atoms with Crippen molar-refractivity contribution in [1.29, 1.82) is 0 Å². The van der Waals surface area contributed by atoms with Gasteiger partial charge in [0.1, 0.15) is 0 Å². The highest BCUT2D eigenvalue weighted by molar-refractivity contribution is 6.61. The molecular formula is C24H60N2O12Si4. The number of hydrazine groups is 1. The molecule has 0 aliphatic carbocycles. The van der Waals surface area contributed by atoms with Gasteiger partial charge in [0.2, 0.25) is 0 Å². The minimum atomic E-state index is -2.71. The monoisotopic (exact) mass is 680 g/mol. The molecule has 0 N–H and O–H groups in total. The minimum absolute atomic E-state index is 0.688. The van der Waals surface area contributed by atoms with Gasteiger partial charge < -0.3 is 53.1 Å². The number of rotatable bonds is 29. The first kappa shape index (κ1) is 42.3. The standard InChI is InChI=1S/C24H60N2O12Si4/c1-27-39(28-2,29-3)21-13-17-25(18-14-22-40(30-4,31-5)32-6)26(19-15-23-41(33-7,34-8)35-9)20-16-24-42(36-10,37-11)38-12/h13-24H2,1-12H3. The average molecular weight is 681 g/mol. The van der Waals surface area contributed by atoms with E-state index in [9.17, 15) is 0 Å². The number of nitrogens with zero attached hydrogens (tertiary/aromatic N) is 2. The highest BCUT2D eigenvalue weighted by Crippen LogP contribution is 2.22. The Bertz CT molecular complexity index is 522. The topological polar surface area (TPSA) is 117 Å². The van der Waals surface area contributed by atoms with Gasteiger partial charge in [0, 0.05) is 136 Å². The molecule has 0 heterocycles. The Morgan fingerprint density at radius 1 is 0.286 bits per heavy atom. The van der Waals surface area contributed by atoms with Crippen LogP contribution in [0.4, 0.5) is 0 Å². The van der Waals surface area contributed by atoms with Crippen molar-refractivity contribution in [1.82, 2.24) is 10.0 Å². The largest absolute Gasteiger partial charge is 0.500 e. The maximum Gasteiger partial charge on any atom is 0.500 e. The van der Waals surface area contributed by atoms with Crippen LogP contribution in [0.15, 0.2) is 0 Å². The molecular weight excluding hydrogens is 621 g/mol. The van der Waals surface area contributed by atoms with E-state index in [2.05, 4.69) is 10.0 Å². The van der Waals surface area contributed by atoms with Gasteiger partial charge in [-0.15, -0.1) is 0 Å². The van der Waals surface area contributed by atoms with E-state index in [0.717, 1.165) is 51.9 Å². The second-order valence-electron chi connectivity index (χ2n) is 9.50. The van der Waals surface area contributed by atoms with Crippen LogP contribution in [0.1, 0.15) is 25.7 Å². The molecule has 42 heavy (non-hydrogen) atoms. The van der Waals surface area contributed by atoms with Crippen LogP contribution in [0.3, 0.4) is 0 Å². The van der Waals surface area contributed by atoms with Crippen molar-refractivity contribution in [3.63, 3.8) is 0 Å². The van der Waals surface area contributed by atoms with Crippen LogP contribution in [-0.2, 0) is 53.1 Å². The first-order valence-corrected chi connectivity index (χ1v) is 22.0. The lowest BCUT2D eigenvalue weighted by Crippen LogP contribution is -2.49. The maximum atomic E-state index is 5.67. The van der Waals surface area contributed by atoms with Gasteiger partial charge >= 0.3 is 35.2 Å². The van der Waals surface area contributed by atoms with Gasteiger partial charge in [-0.25, -0.2) is 10.0 Å². The predicted molar refractivity (Wildman–Crippen MR) is 168 cm³/mol. The minimum Gasteiger partial charge on any atom is -0.377 e. The summed E-state index contributed by atoms with van der Waals surface area (Å²) in [4.78, 5) is 0. The van der Waals surface area contributed by atoms with Crippen molar-refractivity contribution < 1.29 is 53.1 Å². The van der Waals surface area contributed by atoms with Crippen molar-refractivity contribution in [3.8, 4) is 0 Å². The molecule has 0 aromatic heterocycles. The third-order valence-electron chi connectivity index (χ3n) is 7.73. The molecule has 0 unspecified atom stereocenters. The van der Waals surface area contributed by atoms with Gasteiger partial charge in [0.15, 0.2) is 0 Å². The van der Waals surface area contributed by atoms with Gasteiger partial charge in [-0.05, 0) is 25.7 Å². The second kappa shape index (κ2) is 22.8. The van der Waals surface area contributed by atoms with E-state index in [-0.39, 0.29) is 0 Å². The van der Waals surface area contributed by atoms with Gasteiger partial charge in [-0.3, -0.25) is 0 Å². The van der Waals surface area contributed by atoms with Crippen LogP contribution in [0.2, 0.25) is 24.2 Å². The van der Waals surface area contributed by atoms with Crippen LogP contribution in [0.5, 0.6) is 0 Å². The Balaban J connectivity index is 5.97. The second-order valence-corrected chi connectivity index (χ2v) is 21.9. The third-order valence-corrected chi connectivity index (χ3v) is 19.1. The summed E-state index contributed by atoms with van der Waals surface area (Å²) < 4.78 is 68.1. The molecule has 0 amide bonds. The van der Waals surface area contributed by atoms with E-state index < -0.39 is 35.2 Å². The molecule has 0 fully saturated rings. The predicted octanol–water partition coefficient (Wildman–Crippen LogP) is 2.58. The Labute approximate surface area is 259 Å². The molecule has 0 rings (SSSR count). The summed E-state index contributed by atoms with van der Waals surface area (Å²) in [6.07, 6.45) is 3.28. The van der Waals surface area contributed by atoms with Gasteiger partial charge in [-0.1, -0.05) is 0 Å². The van der Waals surface area contributed by atoms with Crippen molar-refractivity contribution >= 4 is 35.2 Å². The average Bonchev–Trinajstić information content (AvgIpc) is 3.05. The summed E-state index contributed by atoms with van der Waals surface area (Å²) in [6.45, 7) is 3.09. The molecule has 0 saturated carbocycles. The SMILES string of the molecule is CO[Si](CCCN(CCC[Si](OC)(OC)OC)N(CCC[Si](OC)(OC)OC)CCC[Si](OC)(OC)OC)(OC)OC. The summed E-state index contributed by atoms with van der Waals surface area (Å²) >= 11 is 0. The van der Waals surface area contributed by atoms with Gasteiger partial charge in [-0.2, -0.15) is 0 Å². The Morgan fingerprint density at radius 2 is 0.429 bits per heavy atom. The molecule has 0 atom stereocenters. The summed E-state index contributed by atoms with van der Waals surface area (Å²) in [5, 5.41) is 4.76. The molecule has 0 radical (unpaired) electrons. The normalized spacial score (nSPS) is 13.6. The molecule has 254 valence electrons. The smallest absolute Gasteiger partial charge is 0.377 e. The molecule has 0 aromatic carbocycles. The first-order chi connectivity index (χ1) is 20.1. The van der Waals surface area contributed by atoms with Crippen molar-refractivity contribution in [2.45, 2.75) is 49.9 Å². The lowest BCUT2D eigenvalue weighted by Gasteiger charge is -2.37. The van der Waals surface area contributed by atoms with Crippen LogP contribution >= 0.6 is 0 Å². The van der Waals surface area contributed by atoms with Crippen molar-refractivity contribution in [2.24, 2.45) is 0 Å². The van der Waals surface area contributed by atoms with Crippen molar-refractivity contribution in [3.05, 3.63) is 0 Å². The zero-order chi connectivity index (χ0) is 32.1. The van der Waals surface area contributed by atoms with Crippen LogP contribution in [0, 0.1) is 0 Å². The number of hydrogen-bond donors (Lipinski definition) is 0. The summed E-state index contributed by atoms with van der Waals surface area (Å²) in [5.74, 6) is 0. The van der Waals surface area contributed by atoms with E-state index in [1.807, 2.05) is 0 Å². The molecule has 0 spiro atoms. The van der Waals surface area contributed by atoms with E-state index in [4.69, 9.17) is 53.1 Å². The molecule has 14 nitrogen and oxygen atoms in total. The summed E-state index contributed by atoms with van der Waals surface area (Å²) in [7, 11) is 8.84. The highest BCUT2D eigenvalue weighted by atomic mass is 28.4. The fraction of sp³-hybridized carbons (Fsp3) is 1.00. The highest BCUT2D eigenvalue weighted by Gasteiger charge is 2.41. The Morgan fingerprint density at radius 3 is 0.548 bits per heavy atom. The van der Waals surface area contributed by atoms with Crippen LogP contribution in [0.25, 0.3) is 0 Å². The molecule has 0 aliphatic rings. The van der Waals surface area contributed by atoms with Gasteiger partial charge in [0.05, 0.1) is 0 Å². The van der Waals surface area contributed by atoms with E-state index in [1.165, 1.54) is 0 Å². The van der Waals surface area contributed by atoms with E-state index >= 15 is 0 Å². The quantitative estimate of drug-likeness (QED) is 0.0851. The van der Waals surface area contributed by atoms with Crippen molar-refractivity contribution in [2.75, 3.05) is 111 Å². The molecule has 18 heteroatoms. The van der Waals surface area contributed by atoms with Gasteiger partial charge in [0.25, 0.3) is 0 Å². The maximum absolute atomic E-state index is 5.67. The summed E-state index contributed by atoms with van der Waals surface area (Å²) in [5.41, 5.74) is 0. The summed E-state index contributed by atoms with van der Waals surface area (Å²) in [6, 6.07) is 2.75. The fourth-order valence-corrected chi connectivity index (χ4v) is 11.7. The lowest BCUT2D eigenvalue weighted by molar-refractivity contribution is -0.0291. The zero-order valence-electron chi connectivity index (χ0n) is 28.3. The first-order valence-electron chi connectivity index (χ1n) is 14.2. The molecule has 0 aliphatic heterocycles.